The van der Waals surface area contributed by atoms with Crippen LogP contribution < -0.4 is 24.4 Å². The monoisotopic (exact) mass is 520 g/mol. The minimum absolute atomic E-state index is 0.155. The molecule has 1 aliphatic rings. The van der Waals surface area contributed by atoms with Crippen molar-refractivity contribution in [2.24, 2.45) is 0 Å². The lowest BCUT2D eigenvalue weighted by atomic mass is 10.1. The van der Waals surface area contributed by atoms with Crippen molar-refractivity contribution in [3.05, 3.63) is 88.5 Å². The van der Waals surface area contributed by atoms with E-state index >= 15 is 0 Å². The molecule has 0 radical (unpaired) electrons. The van der Waals surface area contributed by atoms with Gasteiger partial charge in [0.15, 0.2) is 11.5 Å². The molecule has 0 unspecified atom stereocenters. The first kappa shape index (κ1) is 25.5. The van der Waals surface area contributed by atoms with Crippen molar-refractivity contribution in [3.63, 3.8) is 0 Å². The Hall–Kier alpha value is -4.63. The number of halogens is 1. The van der Waals surface area contributed by atoms with E-state index in [0.29, 0.717) is 21.9 Å². The first-order chi connectivity index (χ1) is 17.8. The fourth-order valence-corrected chi connectivity index (χ4v) is 3.63. The maximum atomic E-state index is 13.1. The highest BCUT2D eigenvalue weighted by Gasteiger charge is 2.36. The topological polar surface area (TPSA) is 111 Å². The van der Waals surface area contributed by atoms with E-state index in [4.69, 9.17) is 25.8 Å². The predicted octanol–water partition coefficient (Wildman–Crippen LogP) is 4.63. The van der Waals surface area contributed by atoms with Crippen molar-refractivity contribution in [1.82, 2.24) is 5.32 Å². The molecule has 0 bridgehead atoms. The van der Waals surface area contributed by atoms with E-state index in [0.717, 1.165) is 4.90 Å². The number of imide groups is 2. The minimum Gasteiger partial charge on any atom is -0.497 e. The molecule has 188 valence electrons. The summed E-state index contributed by atoms with van der Waals surface area (Å²) in [5, 5.41) is 2.59. The SMILES string of the molecule is CCOc1cc(/C=C2\C(=O)NC(=O)N(c3ccc(Cl)cc3)C2=O)ccc1OC(=O)c1ccc(OC)cc1. The first-order valence-corrected chi connectivity index (χ1v) is 11.5. The van der Waals surface area contributed by atoms with Crippen molar-refractivity contribution >= 4 is 47.2 Å². The number of rotatable bonds is 7. The third-order valence-electron chi connectivity index (χ3n) is 5.29. The summed E-state index contributed by atoms with van der Waals surface area (Å²) in [5.41, 5.74) is 0.712. The molecule has 37 heavy (non-hydrogen) atoms. The Balaban J connectivity index is 1.62. The van der Waals surface area contributed by atoms with Crippen LogP contribution in [-0.2, 0) is 9.59 Å². The Morgan fingerprint density at radius 3 is 2.32 bits per heavy atom. The Kier molecular flexibility index (Phi) is 7.55. The van der Waals surface area contributed by atoms with E-state index < -0.39 is 23.8 Å². The number of amides is 4. The second kappa shape index (κ2) is 11.0. The summed E-state index contributed by atoms with van der Waals surface area (Å²) in [5.74, 6) is -1.26. The number of esters is 1. The number of carbonyl (C=O) groups excluding carboxylic acids is 4. The molecule has 3 aromatic carbocycles. The fraction of sp³-hybridized carbons (Fsp3) is 0.111. The van der Waals surface area contributed by atoms with Crippen LogP contribution in [0.25, 0.3) is 6.08 Å². The lowest BCUT2D eigenvalue weighted by molar-refractivity contribution is -0.122. The number of anilines is 1. The molecule has 1 aliphatic heterocycles. The molecule has 0 atom stereocenters. The number of carbonyl (C=O) groups is 4. The molecule has 4 rings (SSSR count). The Bertz CT molecular complexity index is 1400. The first-order valence-electron chi connectivity index (χ1n) is 11.1. The van der Waals surface area contributed by atoms with E-state index in [1.54, 1.807) is 37.3 Å². The van der Waals surface area contributed by atoms with E-state index in [-0.39, 0.29) is 29.4 Å². The maximum Gasteiger partial charge on any atom is 0.343 e. The zero-order chi connectivity index (χ0) is 26.5. The van der Waals surface area contributed by atoms with Crippen molar-refractivity contribution in [2.75, 3.05) is 18.6 Å². The summed E-state index contributed by atoms with van der Waals surface area (Å²) >= 11 is 5.90. The Morgan fingerprint density at radius 2 is 1.68 bits per heavy atom. The molecule has 1 heterocycles. The average molecular weight is 521 g/mol. The number of methoxy groups -OCH3 is 1. The van der Waals surface area contributed by atoms with Crippen LogP contribution >= 0.6 is 11.6 Å². The number of urea groups is 1. The van der Waals surface area contributed by atoms with Gasteiger partial charge in [0.25, 0.3) is 11.8 Å². The Labute approximate surface area is 217 Å². The summed E-state index contributed by atoms with van der Waals surface area (Å²) < 4.78 is 16.2. The van der Waals surface area contributed by atoms with Crippen molar-refractivity contribution in [3.8, 4) is 17.2 Å². The van der Waals surface area contributed by atoms with Gasteiger partial charge in [-0.2, -0.15) is 0 Å². The number of ether oxygens (including phenoxy) is 3. The van der Waals surface area contributed by atoms with Gasteiger partial charge in [-0.05, 0) is 79.2 Å². The molecule has 3 aromatic rings. The van der Waals surface area contributed by atoms with Gasteiger partial charge in [-0.15, -0.1) is 0 Å². The van der Waals surface area contributed by atoms with Crippen LogP contribution in [0.3, 0.4) is 0 Å². The molecule has 1 N–H and O–H groups in total. The van der Waals surface area contributed by atoms with E-state index in [2.05, 4.69) is 5.32 Å². The third-order valence-corrected chi connectivity index (χ3v) is 5.55. The highest BCUT2D eigenvalue weighted by molar-refractivity contribution is 6.39. The largest absolute Gasteiger partial charge is 0.497 e. The average Bonchev–Trinajstić information content (AvgIpc) is 2.89. The summed E-state index contributed by atoms with van der Waals surface area (Å²) in [6.45, 7) is 2.03. The molecule has 10 heteroatoms. The lowest BCUT2D eigenvalue weighted by Crippen LogP contribution is -2.54. The number of nitrogens with zero attached hydrogens (tertiary/aromatic N) is 1. The van der Waals surface area contributed by atoms with Crippen LogP contribution in [0, 0.1) is 0 Å². The molecular formula is C27H21ClN2O7. The van der Waals surface area contributed by atoms with Gasteiger partial charge in [0.1, 0.15) is 11.3 Å². The smallest absolute Gasteiger partial charge is 0.343 e. The molecule has 9 nitrogen and oxygen atoms in total. The molecule has 1 saturated heterocycles. The van der Waals surface area contributed by atoms with Gasteiger partial charge in [0, 0.05) is 5.02 Å². The fourth-order valence-electron chi connectivity index (χ4n) is 3.50. The zero-order valence-corrected chi connectivity index (χ0v) is 20.6. The number of hydrogen-bond donors (Lipinski definition) is 1. The van der Waals surface area contributed by atoms with Gasteiger partial charge in [0.05, 0.1) is 25.0 Å². The van der Waals surface area contributed by atoms with E-state index in [1.807, 2.05) is 0 Å². The summed E-state index contributed by atoms with van der Waals surface area (Å²) in [7, 11) is 1.52. The van der Waals surface area contributed by atoms with Crippen molar-refractivity contribution in [2.45, 2.75) is 6.92 Å². The van der Waals surface area contributed by atoms with Crippen LogP contribution in [0.15, 0.2) is 72.3 Å². The standard InChI is InChI=1S/C27H21ClN2O7/c1-3-36-23-15-16(4-13-22(23)37-26(33)17-5-11-20(35-2)12-6-17)14-21-24(31)29-27(34)30(25(21)32)19-9-7-18(28)8-10-19/h4-15H,3H2,1-2H3,(H,29,31,34)/b21-14+. The van der Waals surface area contributed by atoms with Gasteiger partial charge in [-0.3, -0.25) is 14.9 Å². The summed E-state index contributed by atoms with van der Waals surface area (Å²) in [6.07, 6.45) is 1.32. The highest BCUT2D eigenvalue weighted by Crippen LogP contribution is 2.31. The van der Waals surface area contributed by atoms with Gasteiger partial charge < -0.3 is 14.2 Å². The van der Waals surface area contributed by atoms with Crippen LogP contribution in [0.1, 0.15) is 22.8 Å². The number of hydrogen-bond acceptors (Lipinski definition) is 7. The predicted molar refractivity (Wildman–Crippen MR) is 136 cm³/mol. The number of barbiturate groups is 1. The zero-order valence-electron chi connectivity index (χ0n) is 19.8. The molecule has 0 aliphatic carbocycles. The summed E-state index contributed by atoms with van der Waals surface area (Å²) in [4.78, 5) is 51.4. The lowest BCUT2D eigenvalue weighted by Gasteiger charge is -2.26. The van der Waals surface area contributed by atoms with Crippen LogP contribution in [-0.4, -0.2) is 37.5 Å². The molecular weight excluding hydrogens is 500 g/mol. The van der Waals surface area contributed by atoms with Crippen LogP contribution in [0.4, 0.5) is 10.5 Å². The van der Waals surface area contributed by atoms with Gasteiger partial charge >= 0.3 is 12.0 Å². The van der Waals surface area contributed by atoms with Crippen LogP contribution in [0.5, 0.6) is 17.2 Å². The van der Waals surface area contributed by atoms with Gasteiger partial charge in [-0.25, -0.2) is 14.5 Å². The highest BCUT2D eigenvalue weighted by atomic mass is 35.5. The van der Waals surface area contributed by atoms with Crippen LogP contribution in [0.2, 0.25) is 5.02 Å². The molecule has 0 spiro atoms. The number of benzene rings is 3. The third kappa shape index (κ3) is 5.62. The molecule has 0 saturated carbocycles. The molecule has 0 aromatic heterocycles. The molecule has 4 amide bonds. The normalized spacial score (nSPS) is 14.4. The van der Waals surface area contributed by atoms with Crippen molar-refractivity contribution < 1.29 is 33.4 Å². The second-order valence-corrected chi connectivity index (χ2v) is 8.13. The molecule has 1 fully saturated rings. The van der Waals surface area contributed by atoms with Gasteiger partial charge in [0.2, 0.25) is 0 Å². The quantitative estimate of drug-likeness (QED) is 0.209. The van der Waals surface area contributed by atoms with E-state index in [1.165, 1.54) is 49.6 Å². The minimum atomic E-state index is -0.870. The van der Waals surface area contributed by atoms with Crippen molar-refractivity contribution in [1.29, 1.82) is 0 Å². The maximum absolute atomic E-state index is 13.1. The summed E-state index contributed by atoms with van der Waals surface area (Å²) in [6, 6.07) is 16.2. The number of nitrogens with one attached hydrogen (secondary N) is 1. The second-order valence-electron chi connectivity index (χ2n) is 7.69. The van der Waals surface area contributed by atoms with E-state index in [9.17, 15) is 19.2 Å². The Morgan fingerprint density at radius 1 is 0.973 bits per heavy atom. The van der Waals surface area contributed by atoms with Gasteiger partial charge in [-0.1, -0.05) is 17.7 Å².